The van der Waals surface area contributed by atoms with E-state index in [2.05, 4.69) is 9.88 Å². The third-order valence-electron chi connectivity index (χ3n) is 5.09. The van der Waals surface area contributed by atoms with Crippen LogP contribution in [0, 0.1) is 0 Å². The van der Waals surface area contributed by atoms with Gasteiger partial charge in [-0.3, -0.25) is 4.79 Å². The number of carbonyl (C=O) groups is 1. The second kappa shape index (κ2) is 8.02. The smallest absolute Gasteiger partial charge is 0.227 e. The maximum atomic E-state index is 12.8. The number of aromatic nitrogens is 2. The highest BCUT2D eigenvalue weighted by Gasteiger charge is 2.26. The molecule has 0 atom stereocenters. The fourth-order valence-electron chi connectivity index (χ4n) is 3.51. The lowest BCUT2D eigenvalue weighted by Crippen LogP contribution is -2.37. The molecular formula is C20H24N4O4. The number of nitrogens with zero attached hydrogens (tertiary/aromatic N) is 4. The Morgan fingerprint density at radius 1 is 1.14 bits per heavy atom. The average Bonchev–Trinajstić information content (AvgIpc) is 3.18. The molecule has 2 aliphatic heterocycles. The zero-order valence-electron chi connectivity index (χ0n) is 16.2. The Kier molecular flexibility index (Phi) is 5.29. The summed E-state index contributed by atoms with van der Waals surface area (Å²) in [5.41, 5.74) is 2.83. The van der Waals surface area contributed by atoms with Crippen LogP contribution in [0.4, 0.5) is 5.95 Å². The lowest BCUT2D eigenvalue weighted by atomic mass is 10.1. The first-order valence-electron chi connectivity index (χ1n) is 9.34. The first-order chi connectivity index (χ1) is 13.7. The van der Waals surface area contributed by atoms with Crippen molar-refractivity contribution >= 4 is 11.9 Å². The number of hydrogen-bond acceptors (Lipinski definition) is 7. The van der Waals surface area contributed by atoms with Gasteiger partial charge in [0.2, 0.25) is 11.9 Å². The van der Waals surface area contributed by atoms with Crippen molar-refractivity contribution in [1.29, 1.82) is 0 Å². The van der Waals surface area contributed by atoms with Crippen LogP contribution in [0.3, 0.4) is 0 Å². The number of fused-ring (bicyclic) bond motifs is 1. The summed E-state index contributed by atoms with van der Waals surface area (Å²) in [6.07, 6.45) is 2.15. The molecule has 0 saturated carbocycles. The first-order valence-corrected chi connectivity index (χ1v) is 9.34. The summed E-state index contributed by atoms with van der Waals surface area (Å²) in [5, 5.41) is 0. The summed E-state index contributed by atoms with van der Waals surface area (Å²) in [6, 6.07) is 5.55. The fourth-order valence-corrected chi connectivity index (χ4v) is 3.51. The molecule has 0 unspecified atom stereocenters. The Balaban J connectivity index is 1.43. The predicted molar refractivity (Wildman–Crippen MR) is 103 cm³/mol. The standard InChI is InChI=1S/C20H24N4O4/c1-26-17-4-3-14(9-18(17)27-2)10-19(25)24-12-15-11-21-20(22-16(15)13-24)23-5-7-28-8-6-23/h3-4,9,11H,5-8,10,12-13H2,1-2H3. The van der Waals surface area contributed by atoms with Crippen molar-refractivity contribution < 1.29 is 19.0 Å². The lowest BCUT2D eigenvalue weighted by Gasteiger charge is -2.26. The topological polar surface area (TPSA) is 77.0 Å². The molecule has 28 heavy (non-hydrogen) atoms. The Bertz CT molecular complexity index is 867. The van der Waals surface area contributed by atoms with Gasteiger partial charge in [0.25, 0.3) is 0 Å². The van der Waals surface area contributed by atoms with Crippen LogP contribution in [-0.4, -0.2) is 61.3 Å². The van der Waals surface area contributed by atoms with Gasteiger partial charge in [0, 0.05) is 31.4 Å². The molecule has 0 spiro atoms. The molecule has 1 amide bonds. The number of carbonyl (C=O) groups excluding carboxylic acids is 1. The van der Waals surface area contributed by atoms with E-state index in [0.717, 1.165) is 35.9 Å². The van der Waals surface area contributed by atoms with Gasteiger partial charge in [-0.05, 0) is 17.7 Å². The molecule has 8 nitrogen and oxygen atoms in total. The highest BCUT2D eigenvalue weighted by Crippen LogP contribution is 2.29. The maximum absolute atomic E-state index is 12.8. The Morgan fingerprint density at radius 3 is 2.68 bits per heavy atom. The minimum Gasteiger partial charge on any atom is -0.493 e. The van der Waals surface area contributed by atoms with Crippen LogP contribution in [0.1, 0.15) is 16.8 Å². The fraction of sp³-hybridized carbons (Fsp3) is 0.450. The van der Waals surface area contributed by atoms with Crippen molar-refractivity contribution in [3.63, 3.8) is 0 Å². The summed E-state index contributed by atoms with van der Waals surface area (Å²) in [6.45, 7) is 4.03. The largest absolute Gasteiger partial charge is 0.493 e. The third kappa shape index (κ3) is 3.73. The number of morpholine rings is 1. The molecule has 0 aliphatic carbocycles. The van der Waals surface area contributed by atoms with E-state index in [1.54, 1.807) is 14.2 Å². The molecule has 8 heteroatoms. The second-order valence-electron chi connectivity index (χ2n) is 6.86. The SMILES string of the molecule is COc1ccc(CC(=O)N2Cc3cnc(N4CCOCC4)nc3C2)cc1OC. The van der Waals surface area contributed by atoms with Crippen LogP contribution in [0.15, 0.2) is 24.4 Å². The average molecular weight is 384 g/mol. The molecule has 4 rings (SSSR count). The summed E-state index contributed by atoms with van der Waals surface area (Å²) in [7, 11) is 3.18. The minimum absolute atomic E-state index is 0.0538. The molecule has 2 aliphatic rings. The predicted octanol–water partition coefficient (Wildman–Crippen LogP) is 1.42. The van der Waals surface area contributed by atoms with Gasteiger partial charge in [0.15, 0.2) is 11.5 Å². The van der Waals surface area contributed by atoms with Crippen LogP contribution in [-0.2, 0) is 29.0 Å². The number of anilines is 1. The second-order valence-corrected chi connectivity index (χ2v) is 6.86. The van der Waals surface area contributed by atoms with Crippen molar-refractivity contribution in [2.45, 2.75) is 19.5 Å². The first kappa shape index (κ1) is 18.5. The van der Waals surface area contributed by atoms with Crippen LogP contribution >= 0.6 is 0 Å². The van der Waals surface area contributed by atoms with E-state index in [1.807, 2.05) is 29.3 Å². The zero-order chi connectivity index (χ0) is 19.5. The Morgan fingerprint density at radius 2 is 1.93 bits per heavy atom. The van der Waals surface area contributed by atoms with Crippen LogP contribution in [0.2, 0.25) is 0 Å². The highest BCUT2D eigenvalue weighted by molar-refractivity contribution is 5.79. The number of hydrogen-bond donors (Lipinski definition) is 0. The number of rotatable bonds is 5. The summed E-state index contributed by atoms with van der Waals surface area (Å²) >= 11 is 0. The minimum atomic E-state index is 0.0538. The number of amides is 1. The van der Waals surface area contributed by atoms with Crippen molar-refractivity contribution in [2.24, 2.45) is 0 Å². The molecule has 148 valence electrons. The maximum Gasteiger partial charge on any atom is 0.227 e. The van der Waals surface area contributed by atoms with Crippen molar-refractivity contribution in [2.75, 3.05) is 45.4 Å². The molecule has 0 N–H and O–H groups in total. The van der Waals surface area contributed by atoms with Crippen molar-refractivity contribution in [1.82, 2.24) is 14.9 Å². The van der Waals surface area contributed by atoms with E-state index in [1.165, 1.54) is 0 Å². The molecule has 1 saturated heterocycles. The van der Waals surface area contributed by atoms with Gasteiger partial charge in [-0.1, -0.05) is 6.07 Å². The zero-order valence-corrected chi connectivity index (χ0v) is 16.2. The van der Waals surface area contributed by atoms with Crippen LogP contribution < -0.4 is 14.4 Å². The highest BCUT2D eigenvalue weighted by atomic mass is 16.5. The van der Waals surface area contributed by atoms with E-state index in [0.29, 0.717) is 44.2 Å². The van der Waals surface area contributed by atoms with Gasteiger partial charge in [0.1, 0.15) is 0 Å². The molecule has 1 fully saturated rings. The van der Waals surface area contributed by atoms with Crippen LogP contribution in [0.5, 0.6) is 11.5 Å². The van der Waals surface area contributed by atoms with E-state index < -0.39 is 0 Å². The number of ether oxygens (including phenoxy) is 3. The monoisotopic (exact) mass is 384 g/mol. The molecule has 1 aromatic carbocycles. The molecule has 0 radical (unpaired) electrons. The molecular weight excluding hydrogens is 360 g/mol. The third-order valence-corrected chi connectivity index (χ3v) is 5.09. The Hall–Kier alpha value is -2.87. The van der Waals surface area contributed by atoms with Gasteiger partial charge in [-0.15, -0.1) is 0 Å². The normalized spacial score (nSPS) is 16.1. The van der Waals surface area contributed by atoms with Gasteiger partial charge in [-0.2, -0.15) is 0 Å². The summed E-state index contributed by atoms with van der Waals surface area (Å²) in [5.74, 6) is 2.05. The summed E-state index contributed by atoms with van der Waals surface area (Å²) in [4.78, 5) is 25.9. The van der Waals surface area contributed by atoms with Gasteiger partial charge < -0.3 is 24.0 Å². The quantitative estimate of drug-likeness (QED) is 0.771. The molecule has 2 aromatic rings. The number of methoxy groups -OCH3 is 2. The van der Waals surface area contributed by atoms with E-state index >= 15 is 0 Å². The van der Waals surface area contributed by atoms with Crippen molar-refractivity contribution in [3.05, 3.63) is 41.2 Å². The van der Waals surface area contributed by atoms with E-state index in [4.69, 9.17) is 19.2 Å². The van der Waals surface area contributed by atoms with Crippen molar-refractivity contribution in [3.8, 4) is 11.5 Å². The van der Waals surface area contributed by atoms with Gasteiger partial charge >= 0.3 is 0 Å². The van der Waals surface area contributed by atoms with Gasteiger partial charge in [-0.25, -0.2) is 9.97 Å². The molecule has 3 heterocycles. The molecule has 0 bridgehead atoms. The summed E-state index contributed by atoms with van der Waals surface area (Å²) < 4.78 is 16.0. The lowest BCUT2D eigenvalue weighted by molar-refractivity contribution is -0.131. The van der Waals surface area contributed by atoms with Crippen LogP contribution in [0.25, 0.3) is 0 Å². The molecule has 1 aromatic heterocycles. The van der Waals surface area contributed by atoms with E-state index in [-0.39, 0.29) is 5.91 Å². The Labute approximate surface area is 164 Å². The van der Waals surface area contributed by atoms with E-state index in [9.17, 15) is 4.79 Å². The number of benzene rings is 1. The van der Waals surface area contributed by atoms with Gasteiger partial charge in [0.05, 0.1) is 46.1 Å².